The summed E-state index contributed by atoms with van der Waals surface area (Å²) in [5.41, 5.74) is 2.11. The lowest BCUT2D eigenvalue weighted by Gasteiger charge is -2.15. The fourth-order valence-electron chi connectivity index (χ4n) is 2.70. The minimum atomic E-state index is -3.72. The van der Waals surface area contributed by atoms with E-state index in [0.717, 1.165) is 25.7 Å². The van der Waals surface area contributed by atoms with Crippen LogP contribution in [-0.4, -0.2) is 14.3 Å². The van der Waals surface area contributed by atoms with Gasteiger partial charge in [0.05, 0.1) is 4.90 Å². The highest BCUT2D eigenvalue weighted by atomic mass is 32.2. The average molecular weight is 296 g/mol. The van der Waals surface area contributed by atoms with Crippen molar-refractivity contribution >= 4 is 21.6 Å². The van der Waals surface area contributed by atoms with Crippen LogP contribution in [0.2, 0.25) is 0 Å². The van der Waals surface area contributed by atoms with E-state index in [1.54, 1.807) is 13.8 Å². The van der Waals surface area contributed by atoms with Crippen molar-refractivity contribution in [3.05, 3.63) is 23.3 Å². The summed E-state index contributed by atoms with van der Waals surface area (Å²) >= 11 is 0. The Balaban J connectivity index is 2.26. The van der Waals surface area contributed by atoms with E-state index < -0.39 is 10.0 Å². The van der Waals surface area contributed by atoms with Crippen molar-refractivity contribution in [3.63, 3.8) is 0 Å². The Hall–Kier alpha value is -1.40. The van der Waals surface area contributed by atoms with Gasteiger partial charge in [-0.05, 0) is 49.9 Å². The molecule has 0 aliphatic heterocycles. The Bertz CT molecular complexity index is 609. The molecule has 0 aromatic heterocycles. The molecule has 1 aliphatic rings. The number of primary sulfonamides is 1. The van der Waals surface area contributed by atoms with E-state index in [1.807, 2.05) is 0 Å². The number of anilines is 1. The highest BCUT2D eigenvalue weighted by molar-refractivity contribution is 7.89. The van der Waals surface area contributed by atoms with Crippen molar-refractivity contribution in [3.8, 4) is 0 Å². The Labute approximate surface area is 119 Å². The first-order valence-corrected chi connectivity index (χ1v) is 8.28. The van der Waals surface area contributed by atoms with Gasteiger partial charge in [0, 0.05) is 11.6 Å². The number of sulfonamides is 1. The monoisotopic (exact) mass is 296 g/mol. The number of nitrogens with two attached hydrogens (primary N) is 1. The number of nitrogens with one attached hydrogen (secondary N) is 1. The molecule has 1 aromatic rings. The highest BCUT2D eigenvalue weighted by Crippen LogP contribution is 2.29. The zero-order chi connectivity index (χ0) is 14.9. The van der Waals surface area contributed by atoms with Crippen LogP contribution < -0.4 is 10.5 Å². The molecule has 6 heteroatoms. The molecule has 110 valence electrons. The summed E-state index contributed by atoms with van der Waals surface area (Å²) in [6.07, 6.45) is 4.05. The molecular formula is C14H20N2O3S. The van der Waals surface area contributed by atoms with Gasteiger partial charge < -0.3 is 5.32 Å². The van der Waals surface area contributed by atoms with Crippen molar-refractivity contribution in [2.75, 3.05) is 5.32 Å². The van der Waals surface area contributed by atoms with E-state index in [0.29, 0.717) is 16.8 Å². The summed E-state index contributed by atoms with van der Waals surface area (Å²) in [6, 6.07) is 2.99. The number of hydrogen-bond acceptors (Lipinski definition) is 3. The largest absolute Gasteiger partial charge is 0.325 e. The molecule has 1 aromatic carbocycles. The number of rotatable bonds is 3. The molecule has 1 saturated carbocycles. The summed E-state index contributed by atoms with van der Waals surface area (Å²) < 4.78 is 22.7. The Morgan fingerprint density at radius 1 is 1.20 bits per heavy atom. The van der Waals surface area contributed by atoms with Crippen LogP contribution in [-0.2, 0) is 14.8 Å². The number of benzene rings is 1. The van der Waals surface area contributed by atoms with E-state index in [-0.39, 0.29) is 16.7 Å². The summed E-state index contributed by atoms with van der Waals surface area (Å²) in [5, 5.41) is 8.05. The van der Waals surface area contributed by atoms with Crippen LogP contribution in [0.25, 0.3) is 0 Å². The predicted octanol–water partition coefficient (Wildman–Crippen LogP) is 2.08. The Kier molecular flexibility index (Phi) is 4.15. The van der Waals surface area contributed by atoms with E-state index in [4.69, 9.17) is 5.14 Å². The van der Waals surface area contributed by atoms with Gasteiger partial charge in [0.15, 0.2) is 0 Å². The van der Waals surface area contributed by atoms with E-state index >= 15 is 0 Å². The highest BCUT2D eigenvalue weighted by Gasteiger charge is 2.23. The van der Waals surface area contributed by atoms with Crippen LogP contribution >= 0.6 is 0 Å². The molecule has 0 unspecified atom stereocenters. The number of aryl methyl sites for hydroxylation is 2. The molecule has 1 fully saturated rings. The molecule has 1 aliphatic carbocycles. The smallest absolute Gasteiger partial charge is 0.238 e. The van der Waals surface area contributed by atoms with Crippen molar-refractivity contribution < 1.29 is 13.2 Å². The minimum Gasteiger partial charge on any atom is -0.325 e. The standard InChI is InChI=1S/C14H20N2O3S/c1-9-7-12(20(15,18)19)8-10(2)13(9)16-14(17)11-5-3-4-6-11/h7-8,11H,3-6H2,1-2H3,(H,16,17)(H2,15,18,19). The second-order valence-corrected chi connectivity index (χ2v) is 7.01. The molecule has 2 rings (SSSR count). The van der Waals surface area contributed by atoms with Gasteiger partial charge in [-0.2, -0.15) is 0 Å². The first kappa shape index (κ1) is 15.0. The lowest BCUT2D eigenvalue weighted by atomic mass is 10.1. The van der Waals surface area contributed by atoms with E-state index in [2.05, 4.69) is 5.32 Å². The fourth-order valence-corrected chi connectivity index (χ4v) is 3.38. The summed E-state index contributed by atoms with van der Waals surface area (Å²) in [6.45, 7) is 3.54. The first-order chi connectivity index (χ1) is 9.29. The van der Waals surface area contributed by atoms with Crippen molar-refractivity contribution in [2.24, 2.45) is 11.1 Å². The minimum absolute atomic E-state index is 0.0251. The lowest BCUT2D eigenvalue weighted by Crippen LogP contribution is -2.22. The van der Waals surface area contributed by atoms with Gasteiger partial charge in [-0.25, -0.2) is 13.6 Å². The van der Waals surface area contributed by atoms with Crippen molar-refractivity contribution in [2.45, 2.75) is 44.4 Å². The maximum atomic E-state index is 12.1. The fraction of sp³-hybridized carbons (Fsp3) is 0.500. The number of amides is 1. The normalized spacial score (nSPS) is 16.4. The molecule has 20 heavy (non-hydrogen) atoms. The molecule has 0 saturated heterocycles. The number of carbonyl (C=O) groups excluding carboxylic acids is 1. The van der Waals surface area contributed by atoms with Crippen LogP contribution in [0, 0.1) is 19.8 Å². The van der Waals surface area contributed by atoms with Gasteiger partial charge in [0.2, 0.25) is 15.9 Å². The van der Waals surface area contributed by atoms with Crippen LogP contribution in [0.15, 0.2) is 17.0 Å². The third kappa shape index (κ3) is 3.19. The molecule has 1 amide bonds. The predicted molar refractivity (Wildman–Crippen MR) is 77.9 cm³/mol. The van der Waals surface area contributed by atoms with Crippen molar-refractivity contribution in [1.82, 2.24) is 0 Å². The summed E-state index contributed by atoms with van der Waals surface area (Å²) in [5.74, 6) is 0.101. The van der Waals surface area contributed by atoms with E-state index in [9.17, 15) is 13.2 Å². The first-order valence-electron chi connectivity index (χ1n) is 6.74. The maximum Gasteiger partial charge on any atom is 0.238 e. The van der Waals surface area contributed by atoms with Gasteiger partial charge in [-0.1, -0.05) is 12.8 Å². The third-order valence-electron chi connectivity index (χ3n) is 3.81. The molecule has 0 radical (unpaired) electrons. The Morgan fingerprint density at radius 2 is 1.70 bits per heavy atom. The van der Waals surface area contributed by atoms with Gasteiger partial charge in [-0.15, -0.1) is 0 Å². The topological polar surface area (TPSA) is 89.3 Å². The number of hydrogen-bond donors (Lipinski definition) is 2. The van der Waals surface area contributed by atoms with Crippen LogP contribution in [0.4, 0.5) is 5.69 Å². The third-order valence-corrected chi connectivity index (χ3v) is 4.70. The second kappa shape index (κ2) is 5.54. The molecule has 0 heterocycles. The van der Waals surface area contributed by atoms with Crippen LogP contribution in [0.1, 0.15) is 36.8 Å². The zero-order valence-electron chi connectivity index (χ0n) is 11.8. The van der Waals surface area contributed by atoms with Gasteiger partial charge in [-0.3, -0.25) is 4.79 Å². The van der Waals surface area contributed by atoms with Crippen molar-refractivity contribution in [1.29, 1.82) is 0 Å². The SMILES string of the molecule is Cc1cc(S(N)(=O)=O)cc(C)c1NC(=O)C1CCCC1. The molecule has 0 spiro atoms. The van der Waals surface area contributed by atoms with Crippen LogP contribution in [0.5, 0.6) is 0 Å². The molecular weight excluding hydrogens is 276 g/mol. The van der Waals surface area contributed by atoms with E-state index in [1.165, 1.54) is 12.1 Å². The molecule has 0 bridgehead atoms. The second-order valence-electron chi connectivity index (χ2n) is 5.45. The quantitative estimate of drug-likeness (QED) is 0.895. The summed E-state index contributed by atoms with van der Waals surface area (Å²) in [4.78, 5) is 12.2. The molecule has 0 atom stereocenters. The molecule has 3 N–H and O–H groups in total. The van der Waals surface area contributed by atoms with Gasteiger partial charge in [0.1, 0.15) is 0 Å². The van der Waals surface area contributed by atoms with Gasteiger partial charge >= 0.3 is 0 Å². The Morgan fingerprint density at radius 3 is 2.15 bits per heavy atom. The summed E-state index contributed by atoms with van der Waals surface area (Å²) in [7, 11) is -3.72. The molecule has 5 nitrogen and oxygen atoms in total. The average Bonchev–Trinajstić information content (AvgIpc) is 2.85. The van der Waals surface area contributed by atoms with Gasteiger partial charge in [0.25, 0.3) is 0 Å². The number of carbonyl (C=O) groups is 1. The van der Waals surface area contributed by atoms with Crippen LogP contribution in [0.3, 0.4) is 0 Å². The maximum absolute atomic E-state index is 12.1. The lowest BCUT2D eigenvalue weighted by molar-refractivity contribution is -0.119. The zero-order valence-corrected chi connectivity index (χ0v) is 12.6.